The van der Waals surface area contributed by atoms with Gasteiger partial charge in [-0.15, -0.1) is 0 Å². The van der Waals surface area contributed by atoms with E-state index in [-0.39, 0.29) is 15.6 Å². The lowest BCUT2D eigenvalue weighted by Gasteiger charge is -2.12. The van der Waals surface area contributed by atoms with E-state index >= 15 is 0 Å². The van der Waals surface area contributed by atoms with Crippen LogP contribution in [0.25, 0.3) is 0 Å². The zero-order valence-electron chi connectivity index (χ0n) is 14.1. The van der Waals surface area contributed by atoms with Crippen LogP contribution in [0.2, 0.25) is 10.0 Å². The summed E-state index contributed by atoms with van der Waals surface area (Å²) in [5.41, 5.74) is 0.901. The Morgan fingerprint density at radius 2 is 1.68 bits per heavy atom. The molecule has 3 aromatic rings. The van der Waals surface area contributed by atoms with Crippen molar-refractivity contribution in [1.82, 2.24) is 0 Å². The summed E-state index contributed by atoms with van der Waals surface area (Å²) in [4.78, 5) is 12.4. The van der Waals surface area contributed by atoms with Gasteiger partial charge in [0.25, 0.3) is 15.9 Å². The molecule has 0 atom stereocenters. The molecule has 2 N–H and O–H groups in total. The zero-order chi connectivity index (χ0) is 20.3. The molecular formula is C19H13BrCl2N2O3S. The number of anilines is 2. The molecular weight excluding hydrogens is 487 g/mol. The third-order valence-electron chi connectivity index (χ3n) is 3.66. The van der Waals surface area contributed by atoms with Crippen molar-refractivity contribution in [2.75, 3.05) is 10.0 Å². The smallest absolute Gasteiger partial charge is 0.261 e. The van der Waals surface area contributed by atoms with Gasteiger partial charge in [-0.3, -0.25) is 9.52 Å². The number of carbonyl (C=O) groups is 1. The first-order valence-corrected chi connectivity index (χ1v) is 10.9. The molecule has 0 saturated carbocycles. The molecule has 28 heavy (non-hydrogen) atoms. The number of halogens is 3. The van der Waals surface area contributed by atoms with Crippen LogP contribution in [0.15, 0.2) is 76.1 Å². The molecule has 0 aromatic heterocycles. The molecule has 0 aliphatic carbocycles. The highest BCUT2D eigenvalue weighted by atomic mass is 79.9. The van der Waals surface area contributed by atoms with E-state index in [0.29, 0.717) is 16.3 Å². The van der Waals surface area contributed by atoms with Gasteiger partial charge in [0.1, 0.15) is 0 Å². The average Bonchev–Trinajstić information content (AvgIpc) is 2.63. The van der Waals surface area contributed by atoms with Crippen LogP contribution in [0, 0.1) is 0 Å². The third-order valence-corrected chi connectivity index (χ3v) is 6.10. The van der Waals surface area contributed by atoms with E-state index in [2.05, 4.69) is 26.0 Å². The molecule has 3 aromatic carbocycles. The number of carbonyl (C=O) groups excluding carboxylic acids is 1. The fourth-order valence-electron chi connectivity index (χ4n) is 2.36. The molecule has 0 aliphatic heterocycles. The van der Waals surface area contributed by atoms with Crippen LogP contribution in [0.1, 0.15) is 10.4 Å². The predicted octanol–water partition coefficient (Wildman–Crippen LogP) is 5.81. The summed E-state index contributed by atoms with van der Waals surface area (Å²) in [7, 11) is -3.90. The van der Waals surface area contributed by atoms with Crippen molar-refractivity contribution < 1.29 is 13.2 Å². The van der Waals surface area contributed by atoms with Crippen molar-refractivity contribution in [2.45, 2.75) is 4.90 Å². The number of amides is 1. The van der Waals surface area contributed by atoms with E-state index in [0.717, 1.165) is 4.47 Å². The standard InChI is InChI=1S/C19H13BrCl2N2O3S/c20-13-4-1-3-12(9-13)19(25)23-18-11-16(7-8-17(18)22)28(26,27)24-15-6-2-5-14(21)10-15/h1-11,24H,(H,23,25). The molecule has 0 aliphatic rings. The Labute approximate surface area is 180 Å². The summed E-state index contributed by atoms with van der Waals surface area (Å²) in [5, 5.41) is 3.25. The Morgan fingerprint density at radius 3 is 2.39 bits per heavy atom. The van der Waals surface area contributed by atoms with Crippen molar-refractivity contribution in [3.8, 4) is 0 Å². The monoisotopic (exact) mass is 498 g/mol. The van der Waals surface area contributed by atoms with Gasteiger partial charge in [-0.2, -0.15) is 0 Å². The van der Waals surface area contributed by atoms with Gasteiger partial charge in [-0.05, 0) is 54.6 Å². The Hall–Kier alpha value is -2.06. The normalized spacial score (nSPS) is 11.1. The molecule has 3 rings (SSSR count). The van der Waals surface area contributed by atoms with Gasteiger partial charge in [0.15, 0.2) is 0 Å². The SMILES string of the molecule is O=C(Nc1cc(S(=O)(=O)Nc2cccc(Cl)c2)ccc1Cl)c1cccc(Br)c1. The third kappa shape index (κ3) is 5.05. The van der Waals surface area contributed by atoms with E-state index in [9.17, 15) is 13.2 Å². The van der Waals surface area contributed by atoms with E-state index in [1.807, 2.05) is 0 Å². The maximum Gasteiger partial charge on any atom is 0.261 e. The number of hydrogen-bond acceptors (Lipinski definition) is 3. The van der Waals surface area contributed by atoms with E-state index in [4.69, 9.17) is 23.2 Å². The molecule has 5 nitrogen and oxygen atoms in total. The van der Waals surface area contributed by atoms with Crippen molar-refractivity contribution in [2.24, 2.45) is 0 Å². The summed E-state index contributed by atoms with van der Waals surface area (Å²) in [6, 6.07) is 17.2. The molecule has 0 fully saturated rings. The van der Waals surface area contributed by atoms with Gasteiger partial charge in [0.05, 0.1) is 21.3 Å². The van der Waals surface area contributed by atoms with Gasteiger partial charge in [-0.25, -0.2) is 8.42 Å². The van der Waals surface area contributed by atoms with Gasteiger partial charge < -0.3 is 5.32 Å². The summed E-state index contributed by atoms with van der Waals surface area (Å²) in [6.07, 6.45) is 0. The van der Waals surface area contributed by atoms with Crippen LogP contribution < -0.4 is 10.0 Å². The maximum atomic E-state index is 12.7. The van der Waals surface area contributed by atoms with Crippen molar-refractivity contribution >= 4 is 66.4 Å². The number of sulfonamides is 1. The lowest BCUT2D eigenvalue weighted by molar-refractivity contribution is 0.102. The molecule has 0 bridgehead atoms. The second-order valence-corrected chi connectivity index (χ2v) is 9.16. The molecule has 0 radical (unpaired) electrons. The minimum absolute atomic E-state index is 0.0542. The summed E-state index contributed by atoms with van der Waals surface area (Å²) >= 11 is 15.3. The Bertz CT molecular complexity index is 1150. The van der Waals surface area contributed by atoms with Crippen LogP contribution >= 0.6 is 39.1 Å². The first-order valence-electron chi connectivity index (χ1n) is 7.89. The molecule has 0 heterocycles. The molecule has 0 unspecified atom stereocenters. The highest BCUT2D eigenvalue weighted by molar-refractivity contribution is 9.10. The quantitative estimate of drug-likeness (QED) is 0.465. The van der Waals surface area contributed by atoms with Gasteiger partial charge in [0, 0.05) is 15.1 Å². The van der Waals surface area contributed by atoms with Crippen LogP contribution in [-0.4, -0.2) is 14.3 Å². The van der Waals surface area contributed by atoms with Crippen LogP contribution in [0.5, 0.6) is 0 Å². The van der Waals surface area contributed by atoms with Gasteiger partial charge >= 0.3 is 0 Å². The summed E-state index contributed by atoms with van der Waals surface area (Å²) in [6.45, 7) is 0. The van der Waals surface area contributed by atoms with E-state index in [1.165, 1.54) is 24.3 Å². The second-order valence-electron chi connectivity index (χ2n) is 5.72. The van der Waals surface area contributed by atoms with Crippen LogP contribution in [0.3, 0.4) is 0 Å². The molecule has 9 heteroatoms. The average molecular weight is 500 g/mol. The topological polar surface area (TPSA) is 75.3 Å². The first kappa shape index (κ1) is 20.7. The van der Waals surface area contributed by atoms with Crippen LogP contribution in [-0.2, 0) is 10.0 Å². The van der Waals surface area contributed by atoms with Crippen LogP contribution in [0.4, 0.5) is 11.4 Å². The highest BCUT2D eigenvalue weighted by Crippen LogP contribution is 2.27. The predicted molar refractivity (Wildman–Crippen MR) is 116 cm³/mol. The van der Waals surface area contributed by atoms with Gasteiger partial charge in [-0.1, -0.05) is 51.3 Å². The lowest BCUT2D eigenvalue weighted by atomic mass is 10.2. The minimum Gasteiger partial charge on any atom is -0.321 e. The Kier molecular flexibility index (Phi) is 6.30. The van der Waals surface area contributed by atoms with Crippen molar-refractivity contribution in [1.29, 1.82) is 0 Å². The summed E-state index contributed by atoms with van der Waals surface area (Å²) < 4.78 is 28.5. The number of rotatable bonds is 5. The first-order chi connectivity index (χ1) is 13.2. The molecule has 144 valence electrons. The number of benzene rings is 3. The fourth-order valence-corrected chi connectivity index (χ4v) is 4.19. The number of hydrogen-bond donors (Lipinski definition) is 2. The zero-order valence-corrected chi connectivity index (χ0v) is 18.0. The number of nitrogens with one attached hydrogen (secondary N) is 2. The molecule has 0 spiro atoms. The maximum absolute atomic E-state index is 12.7. The second kappa shape index (κ2) is 8.53. The fraction of sp³-hybridized carbons (Fsp3) is 0. The Balaban J connectivity index is 1.87. The van der Waals surface area contributed by atoms with Crippen molar-refractivity contribution in [3.63, 3.8) is 0 Å². The molecule has 1 amide bonds. The largest absolute Gasteiger partial charge is 0.321 e. The lowest BCUT2D eigenvalue weighted by Crippen LogP contribution is -2.15. The highest BCUT2D eigenvalue weighted by Gasteiger charge is 2.17. The minimum atomic E-state index is -3.90. The molecule has 0 saturated heterocycles. The van der Waals surface area contributed by atoms with Crippen molar-refractivity contribution in [3.05, 3.63) is 86.8 Å². The summed E-state index contributed by atoms with van der Waals surface area (Å²) in [5.74, 6) is -0.416. The van der Waals surface area contributed by atoms with Gasteiger partial charge in [0.2, 0.25) is 0 Å². The van der Waals surface area contributed by atoms with E-state index in [1.54, 1.807) is 42.5 Å². The van der Waals surface area contributed by atoms with E-state index < -0.39 is 15.9 Å². The Morgan fingerprint density at radius 1 is 0.929 bits per heavy atom.